The summed E-state index contributed by atoms with van der Waals surface area (Å²) in [5.41, 5.74) is 1.48. The number of hydrogen-bond acceptors (Lipinski definition) is 1. The highest BCUT2D eigenvalue weighted by Crippen LogP contribution is 2.37. The molecule has 0 saturated heterocycles. The molecule has 1 aliphatic rings. The predicted octanol–water partition coefficient (Wildman–Crippen LogP) is 5.17. The van der Waals surface area contributed by atoms with Gasteiger partial charge in [-0.1, -0.05) is 38.4 Å². The molecule has 20 heavy (non-hydrogen) atoms. The van der Waals surface area contributed by atoms with Crippen LogP contribution >= 0.6 is 11.6 Å². The van der Waals surface area contributed by atoms with Crippen LogP contribution in [0.5, 0.6) is 0 Å². The highest BCUT2D eigenvalue weighted by Gasteiger charge is 2.29. The van der Waals surface area contributed by atoms with Crippen LogP contribution in [0.3, 0.4) is 0 Å². The Bertz CT molecular complexity index is 445. The maximum atomic E-state index is 13.1. The number of benzene rings is 1. The molecule has 1 aliphatic carbocycles. The molecule has 112 valence electrons. The third kappa shape index (κ3) is 4.20. The molecule has 1 saturated carbocycles. The Labute approximate surface area is 126 Å². The van der Waals surface area contributed by atoms with E-state index in [-0.39, 0.29) is 10.8 Å². The minimum Gasteiger partial charge on any atom is -0.310 e. The fraction of sp³-hybridized carbons (Fsp3) is 0.647. The van der Waals surface area contributed by atoms with Gasteiger partial charge in [0, 0.05) is 12.6 Å². The number of rotatable bonds is 3. The van der Waals surface area contributed by atoms with Gasteiger partial charge < -0.3 is 5.32 Å². The molecule has 0 atom stereocenters. The van der Waals surface area contributed by atoms with Gasteiger partial charge in [-0.3, -0.25) is 0 Å². The van der Waals surface area contributed by atoms with Crippen LogP contribution < -0.4 is 5.32 Å². The van der Waals surface area contributed by atoms with Crippen LogP contribution in [0, 0.1) is 17.2 Å². The van der Waals surface area contributed by atoms with E-state index in [1.54, 1.807) is 12.1 Å². The molecule has 0 aliphatic heterocycles. The summed E-state index contributed by atoms with van der Waals surface area (Å²) >= 11 is 5.80. The number of halogens is 2. The largest absolute Gasteiger partial charge is 0.310 e. The van der Waals surface area contributed by atoms with Gasteiger partial charge in [-0.15, -0.1) is 0 Å². The summed E-state index contributed by atoms with van der Waals surface area (Å²) in [7, 11) is 0. The molecule has 1 N–H and O–H groups in total. The fourth-order valence-corrected chi connectivity index (χ4v) is 3.28. The molecule has 1 fully saturated rings. The quantitative estimate of drug-likeness (QED) is 0.811. The highest BCUT2D eigenvalue weighted by molar-refractivity contribution is 6.30. The lowest BCUT2D eigenvalue weighted by molar-refractivity contribution is 0.160. The first kappa shape index (κ1) is 15.8. The van der Waals surface area contributed by atoms with Gasteiger partial charge in [0.15, 0.2) is 0 Å². The summed E-state index contributed by atoms with van der Waals surface area (Å²) in [4.78, 5) is 0. The van der Waals surface area contributed by atoms with Crippen molar-refractivity contribution in [3.63, 3.8) is 0 Å². The van der Waals surface area contributed by atoms with Crippen molar-refractivity contribution >= 4 is 11.6 Å². The van der Waals surface area contributed by atoms with Crippen LogP contribution in [0.2, 0.25) is 5.02 Å². The maximum Gasteiger partial charge on any atom is 0.141 e. The summed E-state index contributed by atoms with van der Waals surface area (Å²) in [5, 5.41) is 3.78. The van der Waals surface area contributed by atoms with Gasteiger partial charge in [-0.05, 0) is 54.7 Å². The van der Waals surface area contributed by atoms with Crippen molar-refractivity contribution in [2.24, 2.45) is 11.3 Å². The van der Waals surface area contributed by atoms with Crippen LogP contribution in [0.15, 0.2) is 18.2 Å². The van der Waals surface area contributed by atoms with Crippen molar-refractivity contribution in [3.8, 4) is 0 Å². The Morgan fingerprint density at radius 1 is 1.20 bits per heavy atom. The molecule has 3 heteroatoms. The summed E-state index contributed by atoms with van der Waals surface area (Å²) in [6, 6.07) is 5.53. The summed E-state index contributed by atoms with van der Waals surface area (Å²) < 4.78 is 13.1. The number of hydrogen-bond donors (Lipinski definition) is 1. The average Bonchev–Trinajstić information content (AvgIpc) is 2.40. The molecule has 0 radical (unpaired) electrons. The SMILES string of the molecule is CC(C)(C)C1CCC(NCc2ccc(F)c(Cl)c2)CC1. The monoisotopic (exact) mass is 297 g/mol. The summed E-state index contributed by atoms with van der Waals surface area (Å²) in [6.07, 6.45) is 5.06. The first-order chi connectivity index (χ1) is 9.36. The van der Waals surface area contributed by atoms with Crippen LogP contribution in [-0.4, -0.2) is 6.04 Å². The zero-order valence-electron chi connectivity index (χ0n) is 12.7. The van der Waals surface area contributed by atoms with Crippen LogP contribution in [0.25, 0.3) is 0 Å². The average molecular weight is 298 g/mol. The Hall–Kier alpha value is -0.600. The van der Waals surface area contributed by atoms with Crippen LogP contribution in [0.4, 0.5) is 4.39 Å². The molecule has 2 rings (SSSR count). The second-order valence-electron chi connectivity index (χ2n) is 7.04. The van der Waals surface area contributed by atoms with E-state index in [0.29, 0.717) is 11.5 Å². The summed E-state index contributed by atoms with van der Waals surface area (Å²) in [6.45, 7) is 7.79. The van der Waals surface area contributed by atoms with E-state index in [2.05, 4.69) is 26.1 Å². The van der Waals surface area contributed by atoms with Gasteiger partial charge in [0.05, 0.1) is 5.02 Å². The molecule has 0 unspecified atom stereocenters. The second-order valence-corrected chi connectivity index (χ2v) is 7.45. The first-order valence-corrected chi connectivity index (χ1v) is 7.91. The van der Waals surface area contributed by atoms with Crippen molar-refractivity contribution < 1.29 is 4.39 Å². The molecule has 1 aromatic carbocycles. The van der Waals surface area contributed by atoms with Gasteiger partial charge in [-0.25, -0.2) is 4.39 Å². The molecule has 0 spiro atoms. The van der Waals surface area contributed by atoms with Crippen molar-refractivity contribution in [2.75, 3.05) is 0 Å². The molecule has 0 bridgehead atoms. The standard InChI is InChI=1S/C17H25ClFN/c1-17(2,3)13-5-7-14(8-6-13)20-11-12-4-9-16(19)15(18)10-12/h4,9-10,13-14,20H,5-8,11H2,1-3H3. The van der Waals surface area contributed by atoms with Gasteiger partial charge in [-0.2, -0.15) is 0 Å². The lowest BCUT2D eigenvalue weighted by Crippen LogP contribution is -2.35. The third-order valence-corrected chi connectivity index (χ3v) is 4.82. The number of nitrogens with one attached hydrogen (secondary N) is 1. The lowest BCUT2D eigenvalue weighted by atomic mass is 9.71. The Balaban J connectivity index is 1.80. The minimum atomic E-state index is -0.346. The molecular formula is C17H25ClFN. The van der Waals surface area contributed by atoms with E-state index in [1.165, 1.54) is 31.7 Å². The molecule has 1 aromatic rings. The predicted molar refractivity (Wildman–Crippen MR) is 83.5 cm³/mol. The first-order valence-electron chi connectivity index (χ1n) is 7.53. The summed E-state index contributed by atoms with van der Waals surface area (Å²) in [5.74, 6) is 0.488. The van der Waals surface area contributed by atoms with E-state index >= 15 is 0 Å². The van der Waals surface area contributed by atoms with Crippen LogP contribution in [-0.2, 0) is 6.54 Å². The van der Waals surface area contributed by atoms with Gasteiger partial charge >= 0.3 is 0 Å². The second kappa shape index (κ2) is 6.44. The van der Waals surface area contributed by atoms with E-state index in [1.807, 2.05) is 0 Å². The van der Waals surface area contributed by atoms with E-state index in [9.17, 15) is 4.39 Å². The Kier molecular flexibility index (Phi) is 5.09. The third-order valence-electron chi connectivity index (χ3n) is 4.53. The zero-order valence-corrected chi connectivity index (χ0v) is 13.4. The molecule has 0 aromatic heterocycles. The zero-order chi connectivity index (χ0) is 14.8. The van der Waals surface area contributed by atoms with Gasteiger partial charge in [0.1, 0.15) is 5.82 Å². The topological polar surface area (TPSA) is 12.0 Å². The Morgan fingerprint density at radius 2 is 1.85 bits per heavy atom. The van der Waals surface area contributed by atoms with Crippen molar-refractivity contribution in [2.45, 2.75) is 59.0 Å². The van der Waals surface area contributed by atoms with E-state index in [4.69, 9.17) is 11.6 Å². The van der Waals surface area contributed by atoms with E-state index in [0.717, 1.165) is 18.0 Å². The fourth-order valence-electron chi connectivity index (χ4n) is 3.08. The van der Waals surface area contributed by atoms with Crippen molar-refractivity contribution in [1.82, 2.24) is 5.32 Å². The normalized spacial score (nSPS) is 23.9. The molecule has 0 amide bonds. The van der Waals surface area contributed by atoms with Gasteiger partial charge in [0.2, 0.25) is 0 Å². The highest BCUT2D eigenvalue weighted by atomic mass is 35.5. The van der Waals surface area contributed by atoms with E-state index < -0.39 is 0 Å². The van der Waals surface area contributed by atoms with Crippen molar-refractivity contribution in [3.05, 3.63) is 34.6 Å². The minimum absolute atomic E-state index is 0.209. The molecular weight excluding hydrogens is 273 g/mol. The Morgan fingerprint density at radius 3 is 2.40 bits per heavy atom. The van der Waals surface area contributed by atoms with Gasteiger partial charge in [0.25, 0.3) is 0 Å². The molecule has 1 nitrogen and oxygen atoms in total. The molecule has 0 heterocycles. The van der Waals surface area contributed by atoms with Crippen molar-refractivity contribution in [1.29, 1.82) is 0 Å². The van der Waals surface area contributed by atoms with Crippen LogP contribution in [0.1, 0.15) is 52.0 Å². The smallest absolute Gasteiger partial charge is 0.141 e. The lowest BCUT2D eigenvalue weighted by Gasteiger charge is -2.37. The maximum absolute atomic E-state index is 13.1.